The second-order valence-corrected chi connectivity index (χ2v) is 16.4. The summed E-state index contributed by atoms with van der Waals surface area (Å²) < 4.78 is 9.51. The van der Waals surface area contributed by atoms with Gasteiger partial charge in [0, 0.05) is 12.6 Å². The Hall–Kier alpha value is -6.96. The van der Waals surface area contributed by atoms with Gasteiger partial charge < -0.3 is 39.9 Å². The van der Waals surface area contributed by atoms with Crippen molar-refractivity contribution in [2.45, 2.75) is 70.1 Å². The third kappa shape index (κ3) is 7.88. The predicted octanol–water partition coefficient (Wildman–Crippen LogP) is 7.63. The molecule has 2 fully saturated rings. The average Bonchev–Trinajstić information content (AvgIpc) is 4.14. The largest absolute Gasteiger partial charge is 0.453 e. The van der Waals surface area contributed by atoms with Crippen LogP contribution in [-0.2, 0) is 38.4 Å². The van der Waals surface area contributed by atoms with Crippen LogP contribution in [0.25, 0.3) is 44.5 Å². The summed E-state index contributed by atoms with van der Waals surface area (Å²) in [6, 6.07) is 27.8. The number of amides is 4. The zero-order chi connectivity index (χ0) is 42.9. The monoisotopic (exact) mass is 834 g/mol. The van der Waals surface area contributed by atoms with Gasteiger partial charge in [-0.15, -0.1) is 0 Å². The summed E-state index contributed by atoms with van der Waals surface area (Å²) in [5.74, 6) is 1.35. The third-order valence-corrected chi connectivity index (χ3v) is 12.6. The zero-order valence-electron chi connectivity index (χ0n) is 35.1. The summed E-state index contributed by atoms with van der Waals surface area (Å²) in [7, 11) is 2.57. The minimum atomic E-state index is -0.874. The predicted molar refractivity (Wildman–Crippen MR) is 234 cm³/mol. The third-order valence-electron chi connectivity index (χ3n) is 12.6. The number of H-pyrrole nitrogens is 2. The number of likely N-dealkylation sites (tertiary alicyclic amines) is 1. The Morgan fingerprint density at radius 1 is 0.855 bits per heavy atom. The first kappa shape index (κ1) is 40.4. The number of ether oxygens (including phenoxy) is 2. The molecule has 62 heavy (non-hydrogen) atoms. The van der Waals surface area contributed by atoms with Gasteiger partial charge in [-0.25, -0.2) is 19.6 Å². The molecule has 14 nitrogen and oxygen atoms in total. The fraction of sp³-hybridized carbons (Fsp3) is 0.333. The lowest BCUT2D eigenvalue weighted by Gasteiger charge is -2.36. The van der Waals surface area contributed by atoms with Crippen molar-refractivity contribution in [3.05, 3.63) is 119 Å². The van der Waals surface area contributed by atoms with E-state index < -0.39 is 18.2 Å². The number of hydrogen-bond donors (Lipinski definition) is 4. The fourth-order valence-corrected chi connectivity index (χ4v) is 9.67. The highest BCUT2D eigenvalue weighted by Crippen LogP contribution is 2.51. The van der Waals surface area contributed by atoms with E-state index in [-0.39, 0.29) is 36.4 Å². The number of carbonyl (C=O) groups is 4. The number of hydrogen-bond acceptors (Lipinski definition) is 8. The van der Waals surface area contributed by atoms with Gasteiger partial charge in [0.15, 0.2) is 0 Å². The van der Waals surface area contributed by atoms with E-state index in [2.05, 4.69) is 78.9 Å². The van der Waals surface area contributed by atoms with Gasteiger partial charge in [0.05, 0.1) is 49.7 Å². The summed E-state index contributed by atoms with van der Waals surface area (Å²) in [5, 5.41) is 5.25. The normalized spacial score (nSPS) is 17.9. The van der Waals surface area contributed by atoms with Crippen molar-refractivity contribution in [1.82, 2.24) is 40.4 Å². The Morgan fingerprint density at radius 2 is 1.56 bits per heavy atom. The van der Waals surface area contributed by atoms with Crippen molar-refractivity contribution >= 4 is 35.0 Å². The topological polar surface area (TPSA) is 175 Å². The first-order valence-corrected chi connectivity index (χ1v) is 21.3. The molecule has 4 amide bonds. The number of piperidine rings is 1. The van der Waals surface area contributed by atoms with Crippen LogP contribution >= 0.6 is 0 Å². The van der Waals surface area contributed by atoms with E-state index in [9.17, 15) is 19.2 Å². The molecule has 0 radical (unpaired) electrons. The number of benzene rings is 4. The van der Waals surface area contributed by atoms with Crippen LogP contribution in [0.5, 0.6) is 0 Å². The zero-order valence-corrected chi connectivity index (χ0v) is 35.1. The van der Waals surface area contributed by atoms with Crippen LogP contribution in [0.2, 0.25) is 0 Å². The lowest BCUT2D eigenvalue weighted by molar-refractivity contribution is -0.138. The van der Waals surface area contributed by atoms with Crippen molar-refractivity contribution in [3.8, 4) is 33.5 Å². The number of aromatic amines is 2. The van der Waals surface area contributed by atoms with Crippen LogP contribution in [0, 0.1) is 5.92 Å². The van der Waals surface area contributed by atoms with Gasteiger partial charge in [0.25, 0.3) is 5.91 Å². The Kier molecular flexibility index (Phi) is 11.2. The van der Waals surface area contributed by atoms with Crippen molar-refractivity contribution in [3.63, 3.8) is 0 Å². The van der Waals surface area contributed by atoms with E-state index in [4.69, 9.17) is 9.72 Å². The minimum Gasteiger partial charge on any atom is -0.453 e. The molecule has 2 bridgehead atoms. The standard InChI is InChI=1S/C48H50N8O6/c1-4-20-55(42(57)26-50-47(59)61-2)27-41-49-25-40(51-41)33-14-18-37-32(22-33)11-10-31-21-29(13-17-36(31)37)30-15-19-38-39(24-30)53-45(52-38)44-34-12-16-35(23-34)56(44)46(58)43(54-48(60)62-3)28-8-6-5-7-9-28/h5-9,13-15,17-19,21-22,24-25,34-35,43-44H,4,10-12,16,20,23,26-27H2,1-3H3,(H,49,51)(H,50,59)(H,52,53)(H,54,60)/t34-,35+,43+,44-/m0/s1. The molecule has 14 heteroatoms. The van der Waals surface area contributed by atoms with Crippen LogP contribution in [0.15, 0.2) is 91.1 Å². The van der Waals surface area contributed by atoms with Gasteiger partial charge in [0.1, 0.15) is 24.2 Å². The van der Waals surface area contributed by atoms with Gasteiger partial charge in [-0.3, -0.25) is 9.59 Å². The van der Waals surface area contributed by atoms with E-state index >= 15 is 0 Å². The SMILES string of the molecule is CCCN(Cc1ncc(-c2ccc3c(c2)CCc2cc(-c4ccc5nc([C@@H]6[C@H]7CC[C@H](C7)N6C(=O)[C@H](NC(=O)OC)c6ccccc6)[nH]c5c4)ccc2-3)[nH]1)C(=O)CNC(=O)OC. The second-order valence-electron chi connectivity index (χ2n) is 16.4. The number of rotatable bonds is 12. The van der Waals surface area contributed by atoms with Gasteiger partial charge in [-0.1, -0.05) is 73.7 Å². The molecule has 1 aliphatic heterocycles. The number of fused-ring (bicyclic) bond motifs is 6. The molecule has 4 N–H and O–H groups in total. The Labute approximate surface area is 359 Å². The quantitative estimate of drug-likeness (QED) is 0.0974. The summed E-state index contributed by atoms with van der Waals surface area (Å²) in [6.45, 7) is 2.70. The maximum absolute atomic E-state index is 14.4. The molecule has 0 spiro atoms. The molecule has 4 aromatic carbocycles. The van der Waals surface area contributed by atoms with Gasteiger partial charge in [-0.05, 0) is 107 Å². The summed E-state index contributed by atoms with van der Waals surface area (Å²) >= 11 is 0. The van der Waals surface area contributed by atoms with Crippen molar-refractivity contribution in [1.29, 1.82) is 0 Å². The highest BCUT2D eigenvalue weighted by atomic mass is 16.5. The highest BCUT2D eigenvalue weighted by molar-refractivity contribution is 5.89. The molecule has 6 aromatic rings. The number of aryl methyl sites for hydroxylation is 2. The van der Waals surface area contributed by atoms with Gasteiger partial charge in [-0.2, -0.15) is 0 Å². The number of alkyl carbamates (subject to hydrolysis) is 2. The van der Waals surface area contributed by atoms with Gasteiger partial charge in [0.2, 0.25) is 5.91 Å². The molecule has 3 heterocycles. The molecule has 3 aliphatic rings. The first-order valence-electron chi connectivity index (χ1n) is 21.3. The number of nitrogens with one attached hydrogen (secondary N) is 4. The van der Waals surface area contributed by atoms with E-state index in [0.717, 1.165) is 77.8 Å². The maximum Gasteiger partial charge on any atom is 0.407 e. The van der Waals surface area contributed by atoms with E-state index in [1.165, 1.54) is 36.5 Å². The highest BCUT2D eigenvalue weighted by Gasteiger charge is 2.51. The number of imidazole rings is 2. The van der Waals surface area contributed by atoms with Crippen LogP contribution < -0.4 is 10.6 Å². The molecule has 0 unspecified atom stereocenters. The van der Waals surface area contributed by atoms with Gasteiger partial charge >= 0.3 is 12.2 Å². The molecule has 2 aromatic heterocycles. The van der Waals surface area contributed by atoms with E-state index in [1.54, 1.807) is 11.1 Å². The van der Waals surface area contributed by atoms with Crippen LogP contribution in [-0.4, -0.2) is 87.1 Å². The molecule has 318 valence electrons. The Bertz CT molecular complexity index is 2660. The Morgan fingerprint density at radius 3 is 2.31 bits per heavy atom. The van der Waals surface area contributed by atoms with Crippen molar-refractivity contribution < 1.29 is 28.7 Å². The molecule has 1 saturated heterocycles. The molecule has 4 atom stereocenters. The smallest absolute Gasteiger partial charge is 0.407 e. The first-order chi connectivity index (χ1) is 30.2. The second kappa shape index (κ2) is 17.2. The number of methoxy groups -OCH3 is 2. The molecular weight excluding hydrogens is 785 g/mol. The van der Waals surface area contributed by atoms with Crippen LogP contribution in [0.1, 0.15) is 73.0 Å². The van der Waals surface area contributed by atoms with Crippen LogP contribution in [0.3, 0.4) is 0 Å². The fourth-order valence-electron chi connectivity index (χ4n) is 9.67. The molecular formula is C48H50N8O6. The summed E-state index contributed by atoms with van der Waals surface area (Å²) in [6.07, 6.45) is 5.94. The lowest BCUT2D eigenvalue weighted by Crippen LogP contribution is -2.47. The number of aromatic nitrogens is 4. The van der Waals surface area contributed by atoms with E-state index in [0.29, 0.717) is 24.5 Å². The number of carbonyl (C=O) groups excluding carboxylic acids is 4. The summed E-state index contributed by atoms with van der Waals surface area (Å²) in [5.41, 5.74) is 11.6. The molecule has 1 saturated carbocycles. The lowest BCUT2D eigenvalue weighted by atomic mass is 9.83. The molecule has 2 aliphatic carbocycles. The minimum absolute atomic E-state index is 0.0765. The average molecular weight is 835 g/mol. The van der Waals surface area contributed by atoms with Crippen LogP contribution in [0.4, 0.5) is 9.59 Å². The van der Waals surface area contributed by atoms with Crippen molar-refractivity contribution in [2.24, 2.45) is 5.92 Å². The Balaban J connectivity index is 0.919. The van der Waals surface area contributed by atoms with E-state index in [1.807, 2.05) is 48.2 Å². The van der Waals surface area contributed by atoms with Crippen molar-refractivity contribution in [2.75, 3.05) is 27.3 Å². The summed E-state index contributed by atoms with van der Waals surface area (Å²) in [4.78, 5) is 71.4. The maximum atomic E-state index is 14.4. The molecule has 9 rings (SSSR count). The number of nitrogens with zero attached hydrogens (tertiary/aromatic N) is 4.